The average Bonchev–Trinajstić information content (AvgIpc) is 3.08. The van der Waals surface area contributed by atoms with Crippen molar-refractivity contribution in [3.63, 3.8) is 0 Å². The standard InChI is InChI=1S/C12H11ClN2OS/c1-17-12-15-14-11(16-12)9-5-4-8(6-10(9)13)7-2-3-7/h4-7H,2-3H2,1H3. The van der Waals surface area contributed by atoms with E-state index in [0.29, 0.717) is 22.1 Å². The lowest BCUT2D eigenvalue weighted by molar-refractivity contribution is 0.466. The van der Waals surface area contributed by atoms with Gasteiger partial charge in [0, 0.05) is 0 Å². The Kier molecular flexibility index (Phi) is 2.84. The predicted octanol–water partition coefficient (Wildman–Crippen LogP) is 3.99. The molecule has 2 aromatic rings. The molecule has 1 aromatic heterocycles. The van der Waals surface area contributed by atoms with Crippen LogP contribution in [-0.4, -0.2) is 16.5 Å². The molecule has 3 rings (SSSR count). The van der Waals surface area contributed by atoms with Crippen LogP contribution in [0, 0.1) is 0 Å². The molecule has 1 aliphatic rings. The van der Waals surface area contributed by atoms with Crippen molar-refractivity contribution in [3.8, 4) is 11.5 Å². The van der Waals surface area contributed by atoms with E-state index in [1.54, 1.807) is 0 Å². The van der Waals surface area contributed by atoms with Gasteiger partial charge in [0.25, 0.3) is 5.22 Å². The minimum Gasteiger partial charge on any atom is -0.411 e. The fourth-order valence-electron chi connectivity index (χ4n) is 1.78. The molecule has 88 valence electrons. The Labute approximate surface area is 109 Å². The summed E-state index contributed by atoms with van der Waals surface area (Å²) in [6.07, 6.45) is 4.44. The Hall–Kier alpha value is -1.00. The van der Waals surface area contributed by atoms with Gasteiger partial charge in [-0.2, -0.15) is 0 Å². The molecular weight excluding hydrogens is 256 g/mol. The SMILES string of the molecule is CSc1nnc(-c2ccc(C3CC3)cc2Cl)o1. The third-order valence-electron chi connectivity index (χ3n) is 2.85. The Morgan fingerprint density at radius 3 is 2.76 bits per heavy atom. The largest absolute Gasteiger partial charge is 0.411 e. The zero-order valence-electron chi connectivity index (χ0n) is 9.31. The molecule has 1 saturated carbocycles. The lowest BCUT2D eigenvalue weighted by Crippen LogP contribution is -1.84. The molecule has 0 atom stereocenters. The minimum absolute atomic E-state index is 0.488. The Morgan fingerprint density at radius 1 is 1.35 bits per heavy atom. The fourth-order valence-corrected chi connectivity index (χ4v) is 2.33. The summed E-state index contributed by atoms with van der Waals surface area (Å²) in [7, 11) is 0. The Morgan fingerprint density at radius 2 is 2.18 bits per heavy atom. The van der Waals surface area contributed by atoms with Crippen molar-refractivity contribution in [2.45, 2.75) is 24.0 Å². The molecule has 1 heterocycles. The molecule has 1 aliphatic carbocycles. The van der Waals surface area contributed by atoms with Gasteiger partial charge in [0.05, 0.1) is 10.6 Å². The van der Waals surface area contributed by atoms with Crippen LogP contribution in [0.5, 0.6) is 0 Å². The number of aromatic nitrogens is 2. The van der Waals surface area contributed by atoms with Crippen LogP contribution < -0.4 is 0 Å². The minimum atomic E-state index is 0.488. The van der Waals surface area contributed by atoms with Gasteiger partial charge in [-0.25, -0.2) is 0 Å². The van der Waals surface area contributed by atoms with Crippen LogP contribution >= 0.6 is 23.4 Å². The quantitative estimate of drug-likeness (QED) is 0.788. The first-order valence-electron chi connectivity index (χ1n) is 5.45. The van der Waals surface area contributed by atoms with Crippen molar-refractivity contribution in [2.75, 3.05) is 6.26 Å². The summed E-state index contributed by atoms with van der Waals surface area (Å²) in [5.41, 5.74) is 2.12. The molecule has 1 aromatic carbocycles. The van der Waals surface area contributed by atoms with E-state index >= 15 is 0 Å². The second-order valence-corrected chi connectivity index (χ2v) is 5.26. The topological polar surface area (TPSA) is 38.9 Å². The number of halogens is 1. The van der Waals surface area contributed by atoms with Crippen LogP contribution in [0.1, 0.15) is 24.3 Å². The molecule has 0 unspecified atom stereocenters. The molecule has 0 radical (unpaired) electrons. The van der Waals surface area contributed by atoms with E-state index < -0.39 is 0 Å². The lowest BCUT2D eigenvalue weighted by atomic mass is 10.1. The summed E-state index contributed by atoms with van der Waals surface area (Å²) in [6, 6.07) is 6.08. The van der Waals surface area contributed by atoms with Crippen LogP contribution in [0.25, 0.3) is 11.5 Å². The molecule has 5 heteroatoms. The van der Waals surface area contributed by atoms with Crippen molar-refractivity contribution >= 4 is 23.4 Å². The highest BCUT2D eigenvalue weighted by molar-refractivity contribution is 7.98. The van der Waals surface area contributed by atoms with Crippen LogP contribution in [0.2, 0.25) is 5.02 Å². The molecular formula is C12H11ClN2OS. The molecule has 3 nitrogen and oxygen atoms in total. The molecule has 17 heavy (non-hydrogen) atoms. The maximum absolute atomic E-state index is 6.25. The summed E-state index contributed by atoms with van der Waals surface area (Å²) in [5, 5.41) is 9.14. The first kappa shape index (κ1) is 11.1. The lowest BCUT2D eigenvalue weighted by Gasteiger charge is -2.02. The van der Waals surface area contributed by atoms with Crippen molar-refractivity contribution in [3.05, 3.63) is 28.8 Å². The number of nitrogens with zero attached hydrogens (tertiary/aromatic N) is 2. The van der Waals surface area contributed by atoms with E-state index in [1.165, 1.54) is 30.2 Å². The summed E-state index contributed by atoms with van der Waals surface area (Å²) in [6.45, 7) is 0. The number of benzene rings is 1. The van der Waals surface area contributed by atoms with Gasteiger partial charge in [0.2, 0.25) is 5.89 Å². The van der Waals surface area contributed by atoms with Crippen LogP contribution in [0.15, 0.2) is 27.8 Å². The van der Waals surface area contributed by atoms with Crippen molar-refractivity contribution in [1.82, 2.24) is 10.2 Å². The average molecular weight is 267 g/mol. The van der Waals surface area contributed by atoms with Gasteiger partial charge >= 0.3 is 0 Å². The van der Waals surface area contributed by atoms with E-state index in [9.17, 15) is 0 Å². The van der Waals surface area contributed by atoms with Gasteiger partial charge < -0.3 is 4.42 Å². The van der Waals surface area contributed by atoms with Gasteiger partial charge in [0.1, 0.15) is 0 Å². The number of rotatable bonds is 3. The van der Waals surface area contributed by atoms with E-state index in [-0.39, 0.29) is 0 Å². The molecule has 0 aliphatic heterocycles. The van der Waals surface area contributed by atoms with Crippen molar-refractivity contribution in [2.24, 2.45) is 0 Å². The summed E-state index contributed by atoms with van der Waals surface area (Å²) < 4.78 is 5.47. The molecule has 0 spiro atoms. The smallest absolute Gasteiger partial charge is 0.276 e. The number of hydrogen-bond acceptors (Lipinski definition) is 4. The molecule has 0 bridgehead atoms. The first-order valence-corrected chi connectivity index (χ1v) is 7.05. The third-order valence-corrected chi connectivity index (χ3v) is 3.68. The number of thioether (sulfide) groups is 1. The third kappa shape index (κ3) is 2.19. The normalized spacial score (nSPS) is 15.2. The van der Waals surface area contributed by atoms with Gasteiger partial charge in [0.15, 0.2) is 0 Å². The van der Waals surface area contributed by atoms with Gasteiger partial charge in [-0.15, -0.1) is 10.2 Å². The fraction of sp³-hybridized carbons (Fsp3) is 0.333. The maximum atomic E-state index is 6.25. The van der Waals surface area contributed by atoms with Crippen molar-refractivity contribution < 1.29 is 4.42 Å². The Bertz CT molecular complexity index is 551. The zero-order valence-corrected chi connectivity index (χ0v) is 10.9. The molecule has 1 fully saturated rings. The van der Waals surface area contributed by atoms with E-state index in [1.807, 2.05) is 18.4 Å². The van der Waals surface area contributed by atoms with Crippen LogP contribution in [0.4, 0.5) is 0 Å². The second kappa shape index (κ2) is 4.35. The Balaban J connectivity index is 1.96. The highest BCUT2D eigenvalue weighted by atomic mass is 35.5. The maximum Gasteiger partial charge on any atom is 0.276 e. The second-order valence-electron chi connectivity index (χ2n) is 4.09. The number of hydrogen-bond donors (Lipinski definition) is 0. The summed E-state index contributed by atoms with van der Waals surface area (Å²) in [5.74, 6) is 1.19. The van der Waals surface area contributed by atoms with E-state index in [2.05, 4.69) is 16.3 Å². The van der Waals surface area contributed by atoms with Crippen molar-refractivity contribution in [1.29, 1.82) is 0 Å². The highest BCUT2D eigenvalue weighted by Crippen LogP contribution is 2.42. The van der Waals surface area contributed by atoms with Gasteiger partial charge in [-0.05, 0) is 42.7 Å². The first-order chi connectivity index (χ1) is 8.28. The van der Waals surface area contributed by atoms with Gasteiger partial charge in [-0.3, -0.25) is 0 Å². The molecule has 0 N–H and O–H groups in total. The van der Waals surface area contributed by atoms with Gasteiger partial charge in [-0.1, -0.05) is 29.4 Å². The predicted molar refractivity (Wildman–Crippen MR) is 68.5 cm³/mol. The molecule has 0 saturated heterocycles. The highest BCUT2D eigenvalue weighted by Gasteiger charge is 2.24. The van der Waals surface area contributed by atoms with E-state index in [0.717, 1.165) is 5.56 Å². The van der Waals surface area contributed by atoms with E-state index in [4.69, 9.17) is 16.0 Å². The monoisotopic (exact) mass is 266 g/mol. The zero-order chi connectivity index (χ0) is 11.8. The molecule has 0 amide bonds. The summed E-state index contributed by atoms with van der Waals surface area (Å²) >= 11 is 7.68. The van der Waals surface area contributed by atoms with Crippen LogP contribution in [-0.2, 0) is 0 Å². The summed E-state index contributed by atoms with van der Waals surface area (Å²) in [4.78, 5) is 0. The van der Waals surface area contributed by atoms with Crippen LogP contribution in [0.3, 0.4) is 0 Å².